The van der Waals surface area contributed by atoms with E-state index in [1.807, 2.05) is 18.2 Å². The van der Waals surface area contributed by atoms with Crippen LogP contribution in [-0.2, 0) is 4.79 Å². The molecule has 2 aliphatic rings. The summed E-state index contributed by atoms with van der Waals surface area (Å²) in [5.74, 6) is 1.28. The minimum atomic E-state index is -0.362. The van der Waals surface area contributed by atoms with E-state index in [1.165, 1.54) is 19.3 Å². The van der Waals surface area contributed by atoms with Crippen LogP contribution < -0.4 is 14.8 Å². The van der Waals surface area contributed by atoms with Gasteiger partial charge in [-0.1, -0.05) is 36.9 Å². The zero-order chi connectivity index (χ0) is 16.1. The van der Waals surface area contributed by atoms with Crippen molar-refractivity contribution < 1.29 is 14.3 Å². The highest BCUT2D eigenvalue weighted by Crippen LogP contribution is 2.33. The fourth-order valence-corrected chi connectivity index (χ4v) is 3.15. The number of carbonyl (C=O) groups excluding carboxylic acids is 1. The van der Waals surface area contributed by atoms with Gasteiger partial charge in [0.2, 0.25) is 5.91 Å². The standard InChI is InChI=1S/C18H22ClNO3/c19-17-10-11-22-16-12-13(6-8-15(16)23-17)7-9-18(21)20-14-4-2-1-3-5-14/h6-9,12,14,17H,1-5,10-11H2,(H,20,21). The Kier molecular flexibility index (Phi) is 5.44. The van der Waals surface area contributed by atoms with Gasteiger partial charge in [0.25, 0.3) is 0 Å². The van der Waals surface area contributed by atoms with Crippen molar-refractivity contribution in [3.05, 3.63) is 29.8 Å². The zero-order valence-corrected chi connectivity index (χ0v) is 13.8. The van der Waals surface area contributed by atoms with E-state index in [2.05, 4.69) is 5.32 Å². The molecule has 5 heteroatoms. The average molecular weight is 336 g/mol. The summed E-state index contributed by atoms with van der Waals surface area (Å²) in [6, 6.07) is 5.91. The first-order valence-corrected chi connectivity index (χ1v) is 8.70. The molecular formula is C18H22ClNO3. The third-order valence-corrected chi connectivity index (χ3v) is 4.51. The summed E-state index contributed by atoms with van der Waals surface area (Å²) >= 11 is 6.01. The van der Waals surface area contributed by atoms with E-state index in [0.717, 1.165) is 18.4 Å². The van der Waals surface area contributed by atoms with Gasteiger partial charge >= 0.3 is 0 Å². The van der Waals surface area contributed by atoms with Gasteiger partial charge in [-0.15, -0.1) is 0 Å². The van der Waals surface area contributed by atoms with Gasteiger partial charge in [0.15, 0.2) is 17.1 Å². The molecule has 0 aromatic heterocycles. The molecular weight excluding hydrogens is 314 g/mol. The van der Waals surface area contributed by atoms with Gasteiger partial charge in [0, 0.05) is 18.5 Å². The van der Waals surface area contributed by atoms with E-state index >= 15 is 0 Å². The lowest BCUT2D eigenvalue weighted by Gasteiger charge is -2.21. The van der Waals surface area contributed by atoms with E-state index in [1.54, 1.807) is 12.2 Å². The highest BCUT2D eigenvalue weighted by Gasteiger charge is 2.17. The molecule has 0 bridgehead atoms. The topological polar surface area (TPSA) is 47.6 Å². The quantitative estimate of drug-likeness (QED) is 0.673. The summed E-state index contributed by atoms with van der Waals surface area (Å²) in [4.78, 5) is 12.0. The number of halogens is 1. The zero-order valence-electron chi connectivity index (χ0n) is 13.1. The van der Waals surface area contributed by atoms with Crippen LogP contribution in [0.4, 0.5) is 0 Å². The number of alkyl halides is 1. The highest BCUT2D eigenvalue weighted by molar-refractivity contribution is 6.19. The van der Waals surface area contributed by atoms with E-state index in [0.29, 0.717) is 30.6 Å². The lowest BCUT2D eigenvalue weighted by Crippen LogP contribution is -2.34. The number of hydrogen-bond donors (Lipinski definition) is 1. The van der Waals surface area contributed by atoms with Gasteiger partial charge in [0.1, 0.15) is 0 Å². The van der Waals surface area contributed by atoms with Crippen molar-refractivity contribution in [3.63, 3.8) is 0 Å². The number of nitrogens with one attached hydrogen (secondary N) is 1. The Balaban J connectivity index is 1.61. The Hall–Kier alpha value is -1.68. The first-order chi connectivity index (χ1) is 11.2. The van der Waals surface area contributed by atoms with Crippen LogP contribution in [0.3, 0.4) is 0 Å². The Morgan fingerprint density at radius 2 is 2.00 bits per heavy atom. The Bertz CT molecular complexity index is 582. The van der Waals surface area contributed by atoms with Crippen LogP contribution in [0.25, 0.3) is 6.08 Å². The molecule has 1 aliphatic carbocycles. The van der Waals surface area contributed by atoms with Gasteiger partial charge in [-0.05, 0) is 36.6 Å². The predicted molar refractivity (Wildman–Crippen MR) is 90.9 cm³/mol. The van der Waals surface area contributed by atoms with Gasteiger partial charge < -0.3 is 14.8 Å². The average Bonchev–Trinajstić information content (AvgIpc) is 2.74. The Labute approximate surface area is 141 Å². The fourth-order valence-electron chi connectivity index (χ4n) is 2.96. The van der Waals surface area contributed by atoms with Gasteiger partial charge in [0.05, 0.1) is 6.61 Å². The number of carbonyl (C=O) groups is 1. The van der Waals surface area contributed by atoms with Crippen LogP contribution in [0, 0.1) is 0 Å². The van der Waals surface area contributed by atoms with Gasteiger partial charge in [-0.2, -0.15) is 0 Å². The molecule has 1 unspecified atom stereocenters. The van der Waals surface area contributed by atoms with Crippen molar-refractivity contribution in [1.82, 2.24) is 5.32 Å². The molecule has 1 amide bonds. The maximum Gasteiger partial charge on any atom is 0.244 e. The third kappa shape index (κ3) is 4.64. The van der Waals surface area contributed by atoms with Crippen LogP contribution in [0.15, 0.2) is 24.3 Å². The van der Waals surface area contributed by atoms with Crippen molar-refractivity contribution in [1.29, 1.82) is 0 Å². The summed E-state index contributed by atoms with van der Waals surface area (Å²) in [6.45, 7) is 0.524. The highest BCUT2D eigenvalue weighted by atomic mass is 35.5. The minimum absolute atomic E-state index is 0.0372. The van der Waals surface area contributed by atoms with Crippen LogP contribution in [0.2, 0.25) is 0 Å². The van der Waals surface area contributed by atoms with Crippen LogP contribution >= 0.6 is 11.6 Å². The van der Waals surface area contributed by atoms with Crippen LogP contribution in [0.5, 0.6) is 11.5 Å². The number of ether oxygens (including phenoxy) is 2. The predicted octanol–water partition coefficient (Wildman–Crippen LogP) is 3.87. The third-order valence-electron chi connectivity index (χ3n) is 4.20. The molecule has 3 rings (SSSR count). The largest absolute Gasteiger partial charge is 0.489 e. The molecule has 1 saturated carbocycles. The Morgan fingerprint density at radius 3 is 2.83 bits per heavy atom. The lowest BCUT2D eigenvalue weighted by atomic mass is 9.95. The van der Waals surface area contributed by atoms with E-state index in [-0.39, 0.29) is 11.5 Å². The SMILES string of the molecule is O=C(C=Cc1ccc2c(c1)OCCC(Cl)O2)NC1CCCCC1. The number of rotatable bonds is 3. The second-order valence-electron chi connectivity index (χ2n) is 6.05. The Morgan fingerprint density at radius 1 is 1.17 bits per heavy atom. The summed E-state index contributed by atoms with van der Waals surface area (Å²) < 4.78 is 11.2. The lowest BCUT2D eigenvalue weighted by molar-refractivity contribution is -0.117. The minimum Gasteiger partial charge on any atom is -0.489 e. The second-order valence-corrected chi connectivity index (χ2v) is 6.53. The van der Waals surface area contributed by atoms with E-state index in [9.17, 15) is 4.79 Å². The van der Waals surface area contributed by atoms with Gasteiger partial charge in [-0.3, -0.25) is 4.79 Å². The monoisotopic (exact) mass is 335 g/mol. The molecule has 0 spiro atoms. The molecule has 124 valence electrons. The summed E-state index contributed by atoms with van der Waals surface area (Å²) in [6.07, 6.45) is 9.89. The van der Waals surface area contributed by atoms with E-state index in [4.69, 9.17) is 21.1 Å². The molecule has 1 heterocycles. The summed E-state index contributed by atoms with van der Waals surface area (Å²) in [7, 11) is 0. The number of benzene rings is 1. The molecule has 1 N–H and O–H groups in total. The molecule has 0 radical (unpaired) electrons. The van der Waals surface area contributed by atoms with Crippen LogP contribution in [0.1, 0.15) is 44.1 Å². The molecule has 1 aromatic carbocycles. The normalized spacial score (nSPS) is 21.9. The van der Waals surface area contributed by atoms with E-state index < -0.39 is 0 Å². The molecule has 23 heavy (non-hydrogen) atoms. The van der Waals surface area contributed by atoms with Crippen molar-refractivity contribution in [2.24, 2.45) is 0 Å². The second kappa shape index (κ2) is 7.73. The number of fused-ring (bicyclic) bond motifs is 1. The van der Waals surface area contributed by atoms with Crippen molar-refractivity contribution in [3.8, 4) is 11.5 Å². The molecule has 1 aliphatic heterocycles. The number of amides is 1. The first-order valence-electron chi connectivity index (χ1n) is 8.27. The molecule has 4 nitrogen and oxygen atoms in total. The van der Waals surface area contributed by atoms with Crippen molar-refractivity contribution >= 4 is 23.6 Å². The van der Waals surface area contributed by atoms with Crippen LogP contribution in [-0.4, -0.2) is 24.1 Å². The first kappa shape index (κ1) is 16.2. The molecule has 0 saturated heterocycles. The van der Waals surface area contributed by atoms with Crippen molar-refractivity contribution in [2.45, 2.75) is 50.1 Å². The fraction of sp³-hybridized carbons (Fsp3) is 0.500. The molecule has 1 atom stereocenters. The maximum absolute atomic E-state index is 12.0. The molecule has 1 aromatic rings. The smallest absolute Gasteiger partial charge is 0.244 e. The maximum atomic E-state index is 12.0. The summed E-state index contributed by atoms with van der Waals surface area (Å²) in [5, 5.41) is 3.07. The summed E-state index contributed by atoms with van der Waals surface area (Å²) in [5.41, 5.74) is 0.540. The molecule has 1 fully saturated rings. The van der Waals surface area contributed by atoms with Crippen molar-refractivity contribution in [2.75, 3.05) is 6.61 Å². The van der Waals surface area contributed by atoms with Gasteiger partial charge in [-0.25, -0.2) is 0 Å². The number of hydrogen-bond acceptors (Lipinski definition) is 3.